The molecule has 1 amide bonds. The molecule has 49 heavy (non-hydrogen) atoms. The molecule has 2 bridgehead atoms. The van der Waals surface area contributed by atoms with Crippen LogP contribution in [0.25, 0.3) is 16.8 Å². The predicted molar refractivity (Wildman–Crippen MR) is 199 cm³/mol. The van der Waals surface area contributed by atoms with Crippen LogP contribution in [0.4, 0.5) is 10.6 Å². The minimum absolute atomic E-state index is 0.107. The summed E-state index contributed by atoms with van der Waals surface area (Å²) in [5.41, 5.74) is 3.19. The van der Waals surface area contributed by atoms with Crippen LogP contribution in [0.15, 0.2) is 30.6 Å². The number of amides is 1. The smallest absolute Gasteiger partial charge is 0.410 e. The normalized spacial score (nSPS) is 19.8. The largest absolute Gasteiger partial charge is 0.444 e. The van der Waals surface area contributed by atoms with Crippen LogP contribution in [0.2, 0.25) is 51.4 Å². The quantitative estimate of drug-likeness (QED) is 0.0721. The van der Waals surface area contributed by atoms with Gasteiger partial charge < -0.3 is 24.0 Å². The van der Waals surface area contributed by atoms with Crippen molar-refractivity contribution in [2.45, 2.75) is 121 Å². The number of fused-ring (bicyclic) bond motifs is 3. The third kappa shape index (κ3) is 9.77. The number of piperidine rings is 1. The van der Waals surface area contributed by atoms with E-state index in [2.05, 4.69) is 55.2 Å². The van der Waals surface area contributed by atoms with Gasteiger partial charge in [0.15, 0.2) is 11.9 Å². The van der Waals surface area contributed by atoms with E-state index in [0.29, 0.717) is 38.0 Å². The zero-order valence-corrected chi connectivity index (χ0v) is 33.0. The minimum atomic E-state index is -1.27. The van der Waals surface area contributed by atoms with Crippen molar-refractivity contribution in [3.05, 3.63) is 42.0 Å². The number of rotatable bonds is 14. The van der Waals surface area contributed by atoms with Gasteiger partial charge in [-0.25, -0.2) is 9.78 Å². The molecule has 2 unspecified atom stereocenters. The highest BCUT2D eigenvalue weighted by atomic mass is 28.3. The van der Waals surface area contributed by atoms with E-state index in [1.807, 2.05) is 42.4 Å². The van der Waals surface area contributed by atoms with Crippen LogP contribution in [-0.4, -0.2) is 97.4 Å². The van der Waals surface area contributed by atoms with Gasteiger partial charge in [0, 0.05) is 76.4 Å². The lowest BCUT2D eigenvalue weighted by molar-refractivity contribution is 0.00568. The molecule has 2 aliphatic heterocycles. The van der Waals surface area contributed by atoms with Crippen LogP contribution < -0.4 is 4.90 Å². The summed E-state index contributed by atoms with van der Waals surface area (Å²) in [5, 5.41) is 4.84. The van der Waals surface area contributed by atoms with Gasteiger partial charge in [-0.1, -0.05) is 45.3 Å². The lowest BCUT2D eigenvalue weighted by atomic mass is 9.88. The summed E-state index contributed by atoms with van der Waals surface area (Å²) >= 11 is 0. The first-order chi connectivity index (χ1) is 23.0. The number of aromatic nitrogens is 4. The van der Waals surface area contributed by atoms with Gasteiger partial charge in [0.2, 0.25) is 0 Å². The van der Waals surface area contributed by atoms with Crippen molar-refractivity contribution in [3.63, 3.8) is 0 Å². The molecule has 11 nitrogen and oxygen atoms in total. The Morgan fingerprint density at radius 2 is 1.57 bits per heavy atom. The number of carbonyl (C=O) groups is 2. The number of anilines is 1. The van der Waals surface area contributed by atoms with Crippen LogP contribution >= 0.6 is 0 Å². The molecule has 268 valence electrons. The Bertz CT molecular complexity index is 1560. The zero-order chi connectivity index (χ0) is 35.6. The standard InChI is InChI=1S/C36H56N6O5Si2/c1-36(2,3)47-35(44)41-29-12-13-30(41)19-27(18-29)32-20-33(40(24-45-14-16-48(4,5)6)25-46-15-17-49(7,8)9)42-34(39-32)31(22-38-42)26-10-11-28(23-43)37-21-26/h10-11,20-23,27,29-30H,12-19,24-25H2,1-9H3/t27?,29-,30?/m1/s1. The van der Waals surface area contributed by atoms with Crippen molar-refractivity contribution in [2.24, 2.45) is 0 Å². The summed E-state index contributed by atoms with van der Waals surface area (Å²) in [5.74, 6) is 1.01. The average molecular weight is 709 g/mol. The molecule has 2 fully saturated rings. The number of ether oxygens (including phenoxy) is 3. The van der Waals surface area contributed by atoms with Crippen molar-refractivity contribution in [2.75, 3.05) is 31.6 Å². The van der Waals surface area contributed by atoms with Gasteiger partial charge in [0.1, 0.15) is 30.6 Å². The molecule has 5 heterocycles. The fourth-order valence-electron chi connectivity index (χ4n) is 6.54. The zero-order valence-electron chi connectivity index (χ0n) is 31.0. The molecule has 0 spiro atoms. The molecule has 0 N–H and O–H groups in total. The van der Waals surface area contributed by atoms with E-state index in [1.165, 1.54) is 0 Å². The summed E-state index contributed by atoms with van der Waals surface area (Å²) in [7, 11) is -2.55. The maximum atomic E-state index is 13.2. The van der Waals surface area contributed by atoms with Crippen molar-refractivity contribution < 1.29 is 23.8 Å². The average Bonchev–Trinajstić information content (AvgIpc) is 3.56. The fraction of sp³-hybridized carbons (Fsp3) is 0.639. The van der Waals surface area contributed by atoms with Crippen molar-refractivity contribution in [3.8, 4) is 11.1 Å². The molecule has 13 heteroatoms. The first kappa shape index (κ1) is 37.1. The number of carbonyl (C=O) groups excluding carboxylic acids is 2. The number of aldehydes is 1. The van der Waals surface area contributed by atoms with Crippen LogP contribution in [0.5, 0.6) is 0 Å². The SMILES string of the molecule is CC(C)(C)OC(=O)N1C2CC[C@@H]1CC(c1cc(N(COCC[Si](C)(C)C)COCC[Si](C)(C)C)n3ncc(-c4ccc(C=O)nc4)c3n1)C2. The highest BCUT2D eigenvalue weighted by Crippen LogP contribution is 2.44. The molecule has 2 saturated heterocycles. The van der Waals surface area contributed by atoms with Crippen LogP contribution in [-0.2, 0) is 14.2 Å². The molecule has 0 radical (unpaired) electrons. The molecule has 2 aliphatic rings. The second-order valence-corrected chi connectivity index (χ2v) is 28.3. The van der Waals surface area contributed by atoms with Crippen molar-refractivity contribution in [1.82, 2.24) is 24.5 Å². The Morgan fingerprint density at radius 1 is 0.959 bits per heavy atom. The molecule has 3 atom stereocenters. The first-order valence-electron chi connectivity index (χ1n) is 17.7. The second kappa shape index (κ2) is 15.0. The van der Waals surface area contributed by atoms with Crippen LogP contribution in [0.3, 0.4) is 0 Å². The predicted octanol–water partition coefficient (Wildman–Crippen LogP) is 7.68. The minimum Gasteiger partial charge on any atom is -0.444 e. The highest BCUT2D eigenvalue weighted by Gasteiger charge is 2.45. The van der Waals surface area contributed by atoms with Gasteiger partial charge >= 0.3 is 6.09 Å². The van der Waals surface area contributed by atoms with E-state index >= 15 is 0 Å². The van der Waals surface area contributed by atoms with Gasteiger partial charge in [0.25, 0.3) is 0 Å². The van der Waals surface area contributed by atoms with E-state index in [4.69, 9.17) is 24.3 Å². The van der Waals surface area contributed by atoms with E-state index < -0.39 is 21.7 Å². The van der Waals surface area contributed by atoms with Gasteiger partial charge in [-0.05, 0) is 64.6 Å². The Balaban J connectivity index is 1.51. The number of nitrogens with zero attached hydrogens (tertiary/aromatic N) is 6. The number of pyridine rings is 1. The van der Waals surface area contributed by atoms with E-state index in [-0.39, 0.29) is 24.1 Å². The van der Waals surface area contributed by atoms with E-state index in [9.17, 15) is 9.59 Å². The summed E-state index contributed by atoms with van der Waals surface area (Å²) in [4.78, 5) is 38.3. The number of hydrogen-bond donors (Lipinski definition) is 0. The van der Waals surface area contributed by atoms with E-state index in [0.717, 1.165) is 66.7 Å². The summed E-state index contributed by atoms with van der Waals surface area (Å²) in [6.07, 6.45) is 7.60. The molecule has 3 aromatic rings. The monoisotopic (exact) mass is 708 g/mol. The highest BCUT2D eigenvalue weighted by molar-refractivity contribution is 6.76. The maximum absolute atomic E-state index is 13.2. The molecular weight excluding hydrogens is 653 g/mol. The molecule has 5 rings (SSSR count). The first-order valence-corrected chi connectivity index (χ1v) is 25.1. The third-order valence-corrected chi connectivity index (χ3v) is 12.7. The summed E-state index contributed by atoms with van der Waals surface area (Å²) < 4.78 is 20.3. The Hall–Kier alpha value is -3.14. The van der Waals surface area contributed by atoms with Crippen molar-refractivity contribution >= 4 is 40.0 Å². The molecule has 3 aromatic heterocycles. The molecule has 0 aliphatic carbocycles. The molecule has 0 saturated carbocycles. The maximum Gasteiger partial charge on any atom is 0.410 e. The van der Waals surface area contributed by atoms with Crippen molar-refractivity contribution in [1.29, 1.82) is 0 Å². The van der Waals surface area contributed by atoms with E-state index in [1.54, 1.807) is 12.3 Å². The lowest BCUT2D eigenvalue weighted by Gasteiger charge is -2.39. The van der Waals surface area contributed by atoms with Gasteiger partial charge in [-0.2, -0.15) is 9.61 Å². The van der Waals surface area contributed by atoms with Crippen LogP contribution in [0, 0.1) is 0 Å². The fourth-order valence-corrected chi connectivity index (χ4v) is 8.06. The van der Waals surface area contributed by atoms with Gasteiger partial charge in [-0.15, -0.1) is 0 Å². The van der Waals surface area contributed by atoms with Gasteiger partial charge in [-0.3, -0.25) is 9.78 Å². The Kier molecular flexibility index (Phi) is 11.4. The lowest BCUT2D eigenvalue weighted by Crippen LogP contribution is -2.48. The van der Waals surface area contributed by atoms with Crippen LogP contribution in [0.1, 0.15) is 68.6 Å². The third-order valence-electron chi connectivity index (χ3n) is 9.26. The number of hydrogen-bond acceptors (Lipinski definition) is 9. The second-order valence-electron chi connectivity index (χ2n) is 17.1. The summed E-state index contributed by atoms with van der Waals surface area (Å²) in [6.45, 7) is 22.0. The topological polar surface area (TPSA) is 111 Å². The Morgan fingerprint density at radius 3 is 2.08 bits per heavy atom. The van der Waals surface area contributed by atoms with Gasteiger partial charge in [0.05, 0.1) is 6.20 Å². The summed E-state index contributed by atoms with van der Waals surface area (Å²) in [6, 6.07) is 8.11. The molecule has 0 aromatic carbocycles. The molecular formula is C36H56N6O5Si2. The Labute approximate surface area is 293 Å².